The summed E-state index contributed by atoms with van der Waals surface area (Å²) in [7, 11) is 1.95. The Hall–Kier alpha value is -0.570. The van der Waals surface area contributed by atoms with Crippen molar-refractivity contribution in [3.63, 3.8) is 0 Å². The molecule has 2 unspecified atom stereocenters. The molecule has 2 atom stereocenters. The average molecular weight is 266 g/mol. The lowest BCUT2D eigenvalue weighted by atomic mass is 9.76. The van der Waals surface area contributed by atoms with E-state index in [-0.39, 0.29) is 5.91 Å². The zero-order chi connectivity index (χ0) is 13.9. The Bertz CT molecular complexity index is 312. The highest BCUT2D eigenvalue weighted by Gasteiger charge is 2.39. The molecule has 110 valence electrons. The lowest BCUT2D eigenvalue weighted by molar-refractivity contribution is -0.138. The highest BCUT2D eigenvalue weighted by Crippen LogP contribution is 2.32. The molecular weight excluding hydrogens is 236 g/mol. The number of hydrogen-bond donors (Lipinski definition) is 1. The molecule has 0 aromatic carbocycles. The lowest BCUT2D eigenvalue weighted by Gasteiger charge is -2.39. The van der Waals surface area contributed by atoms with Gasteiger partial charge in [-0.05, 0) is 37.5 Å². The molecule has 0 aromatic rings. The van der Waals surface area contributed by atoms with Gasteiger partial charge in [0.25, 0.3) is 0 Å². The molecule has 2 aliphatic carbocycles. The summed E-state index contributed by atoms with van der Waals surface area (Å²) < 4.78 is 0. The lowest BCUT2D eigenvalue weighted by Crippen LogP contribution is -2.57. The third-order valence-electron chi connectivity index (χ3n) is 5.06. The number of likely N-dealkylation sites (N-methyl/N-ethyl adjacent to an activating group) is 1. The molecule has 2 fully saturated rings. The number of nitrogens with two attached hydrogens (primary N) is 1. The Balaban J connectivity index is 1.90. The van der Waals surface area contributed by atoms with Crippen molar-refractivity contribution in [2.75, 3.05) is 13.6 Å². The van der Waals surface area contributed by atoms with Gasteiger partial charge in [0.05, 0.1) is 5.54 Å². The van der Waals surface area contributed by atoms with Gasteiger partial charge in [0.2, 0.25) is 5.91 Å². The van der Waals surface area contributed by atoms with Gasteiger partial charge in [0.1, 0.15) is 0 Å². The monoisotopic (exact) mass is 266 g/mol. The average Bonchev–Trinajstić information content (AvgIpc) is 2.38. The number of carbonyl (C=O) groups excluding carboxylic acids is 1. The van der Waals surface area contributed by atoms with Gasteiger partial charge in [0, 0.05) is 13.6 Å². The SMILES string of the molecule is CC1CCCC(N)(C(=O)N(C)CC2CCCCC2)C1. The molecule has 1 amide bonds. The van der Waals surface area contributed by atoms with Crippen LogP contribution in [0.1, 0.15) is 64.7 Å². The second-order valence-corrected chi connectivity index (χ2v) is 7.05. The molecule has 19 heavy (non-hydrogen) atoms. The van der Waals surface area contributed by atoms with Crippen molar-refractivity contribution in [2.45, 2.75) is 70.3 Å². The molecule has 3 nitrogen and oxygen atoms in total. The van der Waals surface area contributed by atoms with Crippen LogP contribution < -0.4 is 5.73 Å². The third kappa shape index (κ3) is 3.71. The van der Waals surface area contributed by atoms with E-state index in [1.807, 2.05) is 11.9 Å². The van der Waals surface area contributed by atoms with Crippen molar-refractivity contribution < 1.29 is 4.79 Å². The molecule has 0 radical (unpaired) electrons. The maximum Gasteiger partial charge on any atom is 0.242 e. The fourth-order valence-electron chi connectivity index (χ4n) is 4.01. The normalized spacial score (nSPS) is 33.1. The Labute approximate surface area is 117 Å². The van der Waals surface area contributed by atoms with Crippen molar-refractivity contribution in [1.29, 1.82) is 0 Å². The van der Waals surface area contributed by atoms with Gasteiger partial charge in [-0.25, -0.2) is 0 Å². The predicted molar refractivity (Wildman–Crippen MR) is 78.8 cm³/mol. The molecule has 2 rings (SSSR count). The predicted octanol–water partition coefficient (Wildman–Crippen LogP) is 2.93. The maximum absolute atomic E-state index is 12.6. The van der Waals surface area contributed by atoms with Crippen LogP contribution in [0.3, 0.4) is 0 Å². The van der Waals surface area contributed by atoms with E-state index in [9.17, 15) is 4.79 Å². The van der Waals surface area contributed by atoms with Gasteiger partial charge in [-0.3, -0.25) is 4.79 Å². The van der Waals surface area contributed by atoms with Gasteiger partial charge in [0.15, 0.2) is 0 Å². The van der Waals surface area contributed by atoms with Gasteiger partial charge in [-0.15, -0.1) is 0 Å². The fourth-order valence-corrected chi connectivity index (χ4v) is 4.01. The van der Waals surface area contributed by atoms with Crippen LogP contribution in [0.25, 0.3) is 0 Å². The van der Waals surface area contributed by atoms with E-state index in [4.69, 9.17) is 5.73 Å². The molecule has 0 bridgehead atoms. The van der Waals surface area contributed by atoms with Crippen LogP contribution in [0.15, 0.2) is 0 Å². The minimum Gasteiger partial charge on any atom is -0.344 e. The van der Waals surface area contributed by atoms with Crippen LogP contribution in [0.4, 0.5) is 0 Å². The summed E-state index contributed by atoms with van der Waals surface area (Å²) in [6.07, 6.45) is 10.6. The molecule has 0 heterocycles. The zero-order valence-corrected chi connectivity index (χ0v) is 12.7. The molecular formula is C16H30N2O. The second-order valence-electron chi connectivity index (χ2n) is 7.05. The van der Waals surface area contributed by atoms with E-state index in [0.29, 0.717) is 11.8 Å². The van der Waals surface area contributed by atoms with E-state index in [2.05, 4.69) is 6.92 Å². The Kier molecular flexibility index (Phi) is 4.88. The maximum atomic E-state index is 12.6. The van der Waals surface area contributed by atoms with E-state index in [1.165, 1.54) is 38.5 Å². The molecule has 0 aromatic heterocycles. The summed E-state index contributed by atoms with van der Waals surface area (Å²) in [4.78, 5) is 14.6. The first-order valence-electron chi connectivity index (χ1n) is 8.06. The number of nitrogens with zero attached hydrogens (tertiary/aromatic N) is 1. The van der Waals surface area contributed by atoms with Crippen LogP contribution in [0, 0.1) is 11.8 Å². The van der Waals surface area contributed by atoms with Crippen LogP contribution in [0.2, 0.25) is 0 Å². The summed E-state index contributed by atoms with van der Waals surface area (Å²) >= 11 is 0. The minimum atomic E-state index is -0.582. The van der Waals surface area contributed by atoms with Crippen molar-refractivity contribution in [2.24, 2.45) is 17.6 Å². The minimum absolute atomic E-state index is 0.185. The van der Waals surface area contributed by atoms with Gasteiger partial charge >= 0.3 is 0 Å². The first kappa shape index (κ1) is 14.8. The molecule has 2 aliphatic rings. The first-order chi connectivity index (χ1) is 9.01. The van der Waals surface area contributed by atoms with Crippen LogP contribution >= 0.6 is 0 Å². The van der Waals surface area contributed by atoms with Gasteiger partial charge < -0.3 is 10.6 Å². The molecule has 0 aliphatic heterocycles. The zero-order valence-electron chi connectivity index (χ0n) is 12.7. The Morgan fingerprint density at radius 1 is 1.21 bits per heavy atom. The highest BCUT2D eigenvalue weighted by molar-refractivity contribution is 5.86. The number of amides is 1. The van der Waals surface area contributed by atoms with Crippen LogP contribution in [0.5, 0.6) is 0 Å². The summed E-state index contributed by atoms with van der Waals surface area (Å²) in [6, 6.07) is 0. The number of rotatable bonds is 3. The first-order valence-corrected chi connectivity index (χ1v) is 8.06. The number of hydrogen-bond acceptors (Lipinski definition) is 2. The van der Waals surface area contributed by atoms with Crippen molar-refractivity contribution in [3.05, 3.63) is 0 Å². The Morgan fingerprint density at radius 2 is 1.89 bits per heavy atom. The summed E-state index contributed by atoms with van der Waals surface area (Å²) in [5.41, 5.74) is 5.83. The summed E-state index contributed by atoms with van der Waals surface area (Å²) in [6.45, 7) is 3.13. The molecule has 0 saturated heterocycles. The fraction of sp³-hybridized carbons (Fsp3) is 0.938. The van der Waals surface area contributed by atoms with Crippen LogP contribution in [-0.4, -0.2) is 29.9 Å². The standard InChI is InChI=1S/C16H30N2O/c1-13-7-6-10-16(17,11-13)15(19)18(2)12-14-8-4-3-5-9-14/h13-14H,3-12,17H2,1-2H3. The van der Waals surface area contributed by atoms with Crippen LogP contribution in [-0.2, 0) is 4.79 Å². The third-order valence-corrected chi connectivity index (χ3v) is 5.06. The molecule has 2 saturated carbocycles. The topological polar surface area (TPSA) is 46.3 Å². The smallest absolute Gasteiger partial charge is 0.242 e. The second kappa shape index (κ2) is 6.25. The van der Waals surface area contributed by atoms with E-state index in [0.717, 1.165) is 25.8 Å². The van der Waals surface area contributed by atoms with E-state index < -0.39 is 5.54 Å². The Morgan fingerprint density at radius 3 is 2.53 bits per heavy atom. The molecule has 3 heteroatoms. The van der Waals surface area contributed by atoms with Gasteiger partial charge in [-0.2, -0.15) is 0 Å². The van der Waals surface area contributed by atoms with Crippen molar-refractivity contribution in [1.82, 2.24) is 4.90 Å². The largest absolute Gasteiger partial charge is 0.344 e. The number of carbonyl (C=O) groups is 1. The van der Waals surface area contributed by atoms with Crippen molar-refractivity contribution in [3.8, 4) is 0 Å². The summed E-state index contributed by atoms with van der Waals surface area (Å²) in [5, 5.41) is 0. The van der Waals surface area contributed by atoms with Crippen molar-refractivity contribution >= 4 is 5.91 Å². The van der Waals surface area contributed by atoms with E-state index >= 15 is 0 Å². The molecule has 0 spiro atoms. The van der Waals surface area contributed by atoms with E-state index in [1.54, 1.807) is 0 Å². The highest BCUT2D eigenvalue weighted by atomic mass is 16.2. The quantitative estimate of drug-likeness (QED) is 0.853. The summed E-state index contributed by atoms with van der Waals surface area (Å²) in [5.74, 6) is 1.47. The molecule has 2 N–H and O–H groups in total. The van der Waals surface area contributed by atoms with Gasteiger partial charge in [-0.1, -0.05) is 39.0 Å².